The highest BCUT2D eigenvalue weighted by Gasteiger charge is 2.02. The fourth-order valence-electron chi connectivity index (χ4n) is 0.887. The Hall–Kier alpha value is -2.44. The summed E-state index contributed by atoms with van der Waals surface area (Å²) in [6.45, 7) is 0. The van der Waals surface area contributed by atoms with Crippen molar-refractivity contribution in [3.63, 3.8) is 0 Å². The average Bonchev–Trinajstić information content (AvgIpc) is 2.29. The van der Waals surface area contributed by atoms with E-state index in [4.69, 9.17) is 0 Å². The number of hydrogen-bond donors (Lipinski definition) is 1. The van der Waals surface area contributed by atoms with Crippen molar-refractivity contribution in [2.24, 2.45) is 5.10 Å². The number of nitro benzene ring substituents is 1. The molecular weight excluding hydrogens is 214 g/mol. The lowest BCUT2D eigenvalue weighted by Gasteiger charge is -1.95. The molecule has 84 valence electrons. The average molecular weight is 223 g/mol. The molecule has 0 radical (unpaired) electrons. The normalized spacial score (nSPS) is 10.1. The first kappa shape index (κ1) is 11.6. The Kier molecular flexibility index (Phi) is 3.96. The highest BCUT2D eigenvalue weighted by Crippen LogP contribution is 2.10. The topological polar surface area (TPSA) is 93.8 Å². The number of nitrogens with zero attached hydrogens (tertiary/aromatic N) is 2. The van der Waals surface area contributed by atoms with Crippen LogP contribution < -0.4 is 5.43 Å². The van der Waals surface area contributed by atoms with Crippen molar-refractivity contribution in [1.29, 1.82) is 0 Å². The molecule has 1 aromatic rings. The molecule has 0 saturated heterocycles. The monoisotopic (exact) mass is 223 g/mol. The van der Waals surface area contributed by atoms with E-state index in [9.17, 15) is 14.9 Å². The fourth-order valence-corrected chi connectivity index (χ4v) is 0.887. The van der Waals surface area contributed by atoms with Crippen LogP contribution in [0.25, 0.3) is 0 Å². The minimum Gasteiger partial charge on any atom is -0.452 e. The third-order valence-corrected chi connectivity index (χ3v) is 1.66. The summed E-state index contributed by atoms with van der Waals surface area (Å²) in [5.74, 6) is 0. The Labute approximate surface area is 90.9 Å². The number of benzene rings is 1. The van der Waals surface area contributed by atoms with Gasteiger partial charge in [-0.05, 0) is 17.7 Å². The van der Waals surface area contributed by atoms with Crippen LogP contribution >= 0.6 is 0 Å². The summed E-state index contributed by atoms with van der Waals surface area (Å²) in [5, 5.41) is 13.9. The van der Waals surface area contributed by atoms with Gasteiger partial charge in [0.05, 0.1) is 18.2 Å². The molecule has 0 aromatic heterocycles. The molecule has 1 N–H and O–H groups in total. The Morgan fingerprint density at radius 2 is 2.12 bits per heavy atom. The van der Waals surface area contributed by atoms with Crippen LogP contribution in [-0.4, -0.2) is 24.3 Å². The van der Waals surface area contributed by atoms with Gasteiger partial charge in [-0.3, -0.25) is 10.1 Å². The first-order valence-electron chi connectivity index (χ1n) is 4.25. The number of nitrogens with one attached hydrogen (secondary N) is 1. The SMILES string of the molecule is COC(=O)N/N=C\c1ccc([N+](=O)[O-])cc1. The summed E-state index contributed by atoms with van der Waals surface area (Å²) in [6, 6.07) is 5.72. The van der Waals surface area contributed by atoms with Crippen molar-refractivity contribution >= 4 is 18.0 Å². The van der Waals surface area contributed by atoms with E-state index >= 15 is 0 Å². The van der Waals surface area contributed by atoms with E-state index in [0.29, 0.717) is 5.56 Å². The van der Waals surface area contributed by atoms with Crippen molar-refractivity contribution < 1.29 is 14.5 Å². The van der Waals surface area contributed by atoms with Crippen LogP contribution in [0.2, 0.25) is 0 Å². The van der Waals surface area contributed by atoms with Crippen molar-refractivity contribution in [2.75, 3.05) is 7.11 Å². The van der Waals surface area contributed by atoms with Gasteiger partial charge in [0.1, 0.15) is 0 Å². The minimum atomic E-state index is -0.682. The maximum absolute atomic E-state index is 10.6. The maximum atomic E-state index is 10.6. The molecule has 0 aliphatic heterocycles. The molecule has 0 bridgehead atoms. The first-order valence-corrected chi connectivity index (χ1v) is 4.25. The Morgan fingerprint density at radius 1 is 1.50 bits per heavy atom. The van der Waals surface area contributed by atoms with Gasteiger partial charge in [-0.15, -0.1) is 0 Å². The summed E-state index contributed by atoms with van der Waals surface area (Å²) in [6.07, 6.45) is 0.666. The van der Waals surface area contributed by atoms with Gasteiger partial charge in [0.2, 0.25) is 0 Å². The quantitative estimate of drug-likeness (QED) is 0.474. The lowest BCUT2D eigenvalue weighted by molar-refractivity contribution is -0.384. The van der Waals surface area contributed by atoms with Gasteiger partial charge in [0.15, 0.2) is 0 Å². The van der Waals surface area contributed by atoms with Crippen molar-refractivity contribution in [1.82, 2.24) is 5.43 Å². The molecule has 1 rings (SSSR count). The number of methoxy groups -OCH3 is 1. The molecular formula is C9H9N3O4. The van der Waals surface area contributed by atoms with Gasteiger partial charge < -0.3 is 4.74 Å². The predicted molar refractivity (Wildman–Crippen MR) is 56.2 cm³/mol. The van der Waals surface area contributed by atoms with E-state index in [1.807, 2.05) is 0 Å². The van der Waals surface area contributed by atoms with Crippen LogP contribution in [0, 0.1) is 10.1 Å². The molecule has 0 unspecified atom stereocenters. The molecule has 0 aliphatic carbocycles. The van der Waals surface area contributed by atoms with Crippen LogP contribution in [0.5, 0.6) is 0 Å². The van der Waals surface area contributed by atoms with E-state index in [1.165, 1.54) is 37.6 Å². The van der Waals surface area contributed by atoms with Crippen LogP contribution in [0.15, 0.2) is 29.4 Å². The molecule has 1 amide bonds. The van der Waals surface area contributed by atoms with E-state index in [-0.39, 0.29) is 5.69 Å². The minimum absolute atomic E-state index is 0.00178. The zero-order valence-corrected chi connectivity index (χ0v) is 8.41. The number of nitro groups is 1. The molecule has 0 fully saturated rings. The second-order valence-corrected chi connectivity index (χ2v) is 2.71. The number of carbonyl (C=O) groups is 1. The number of rotatable bonds is 3. The summed E-state index contributed by atoms with van der Waals surface area (Å²) < 4.78 is 4.29. The molecule has 0 aliphatic rings. The standard InChI is InChI=1S/C9H9N3O4/c1-16-9(13)11-10-6-7-2-4-8(5-3-7)12(14)15/h2-6H,1H3,(H,11,13)/b10-6-. The lowest BCUT2D eigenvalue weighted by Crippen LogP contribution is -2.16. The van der Waals surface area contributed by atoms with Crippen LogP contribution in [0.4, 0.5) is 10.5 Å². The van der Waals surface area contributed by atoms with Crippen LogP contribution in [0.3, 0.4) is 0 Å². The zero-order valence-electron chi connectivity index (χ0n) is 8.41. The number of amides is 1. The van der Waals surface area contributed by atoms with Gasteiger partial charge in [0.25, 0.3) is 5.69 Å². The summed E-state index contributed by atoms with van der Waals surface area (Å²) in [7, 11) is 1.22. The number of ether oxygens (including phenoxy) is 1. The largest absolute Gasteiger partial charge is 0.452 e. The molecule has 0 heterocycles. The summed E-state index contributed by atoms with van der Waals surface area (Å²) in [4.78, 5) is 20.5. The van der Waals surface area contributed by atoms with Gasteiger partial charge in [-0.25, -0.2) is 10.2 Å². The Morgan fingerprint density at radius 3 is 2.62 bits per heavy atom. The van der Waals surface area contributed by atoms with Gasteiger partial charge in [-0.2, -0.15) is 5.10 Å². The molecule has 16 heavy (non-hydrogen) atoms. The third kappa shape index (κ3) is 3.37. The molecule has 1 aromatic carbocycles. The second-order valence-electron chi connectivity index (χ2n) is 2.71. The van der Waals surface area contributed by atoms with Gasteiger partial charge in [-0.1, -0.05) is 0 Å². The molecule has 7 nitrogen and oxygen atoms in total. The van der Waals surface area contributed by atoms with E-state index in [0.717, 1.165) is 0 Å². The fraction of sp³-hybridized carbons (Fsp3) is 0.111. The van der Waals surface area contributed by atoms with Gasteiger partial charge >= 0.3 is 6.09 Å². The number of hydrogen-bond acceptors (Lipinski definition) is 5. The maximum Gasteiger partial charge on any atom is 0.427 e. The first-order chi connectivity index (χ1) is 7.63. The van der Waals surface area contributed by atoms with Crippen LogP contribution in [0.1, 0.15) is 5.56 Å². The number of hydrazone groups is 1. The Bertz CT molecular complexity index is 413. The van der Waals surface area contributed by atoms with Crippen LogP contribution in [-0.2, 0) is 4.74 Å². The summed E-state index contributed by atoms with van der Waals surface area (Å²) in [5.41, 5.74) is 2.72. The highest BCUT2D eigenvalue weighted by atomic mass is 16.6. The smallest absolute Gasteiger partial charge is 0.427 e. The zero-order chi connectivity index (χ0) is 12.0. The molecule has 0 spiro atoms. The predicted octanol–water partition coefficient (Wildman–Crippen LogP) is 1.28. The van der Waals surface area contributed by atoms with E-state index in [2.05, 4.69) is 15.3 Å². The lowest BCUT2D eigenvalue weighted by atomic mass is 10.2. The van der Waals surface area contributed by atoms with Crippen molar-refractivity contribution in [2.45, 2.75) is 0 Å². The summed E-state index contributed by atoms with van der Waals surface area (Å²) >= 11 is 0. The van der Waals surface area contributed by atoms with E-state index in [1.54, 1.807) is 0 Å². The van der Waals surface area contributed by atoms with Crippen molar-refractivity contribution in [3.05, 3.63) is 39.9 Å². The number of non-ortho nitro benzene ring substituents is 1. The van der Waals surface area contributed by atoms with Crippen molar-refractivity contribution in [3.8, 4) is 0 Å². The molecule has 7 heteroatoms. The second kappa shape index (κ2) is 5.44. The Balaban J connectivity index is 2.61. The number of carbonyl (C=O) groups excluding carboxylic acids is 1. The molecule has 0 saturated carbocycles. The van der Waals surface area contributed by atoms with E-state index < -0.39 is 11.0 Å². The molecule has 0 atom stereocenters. The highest BCUT2D eigenvalue weighted by molar-refractivity contribution is 5.81. The van der Waals surface area contributed by atoms with Gasteiger partial charge in [0, 0.05) is 12.1 Å². The third-order valence-electron chi connectivity index (χ3n) is 1.66.